The Morgan fingerprint density at radius 1 is 1.07 bits per heavy atom. The number of nitrogens with one attached hydrogen (secondary N) is 1. The van der Waals surface area contributed by atoms with Gasteiger partial charge in [-0.05, 0) is 31.2 Å². The lowest BCUT2D eigenvalue weighted by molar-refractivity contribution is -0.137. The van der Waals surface area contributed by atoms with Crippen LogP contribution in [0.2, 0.25) is 0 Å². The Balaban J connectivity index is 2.25. The summed E-state index contributed by atoms with van der Waals surface area (Å²) in [6.07, 6.45) is -4.67. The number of amides is 1. The average Bonchev–Trinajstić information content (AvgIpc) is 2.65. The van der Waals surface area contributed by atoms with E-state index in [4.69, 9.17) is 0 Å². The fourth-order valence-corrected chi connectivity index (χ4v) is 4.03. The molecule has 0 heterocycles. The predicted octanol–water partition coefficient (Wildman–Crippen LogP) is 3.56. The van der Waals surface area contributed by atoms with E-state index < -0.39 is 39.9 Å². The molecule has 0 saturated heterocycles. The molecule has 2 aromatic rings. The Labute approximate surface area is 166 Å². The van der Waals surface area contributed by atoms with Gasteiger partial charge in [-0.3, -0.25) is 9.59 Å². The average molecular weight is 428 g/mol. The van der Waals surface area contributed by atoms with Gasteiger partial charge in [0, 0.05) is 12.1 Å². The number of benzene rings is 2. The molecule has 0 radical (unpaired) electrons. The third-order valence-corrected chi connectivity index (χ3v) is 5.97. The van der Waals surface area contributed by atoms with Gasteiger partial charge in [0.05, 0.1) is 22.7 Å². The normalized spacial score (nSPS) is 12.1. The van der Waals surface area contributed by atoms with E-state index in [0.29, 0.717) is 0 Å². The van der Waals surface area contributed by atoms with Gasteiger partial charge in [-0.25, -0.2) is 8.42 Å². The minimum Gasteiger partial charge on any atom is -0.324 e. The van der Waals surface area contributed by atoms with Gasteiger partial charge >= 0.3 is 6.18 Å². The van der Waals surface area contributed by atoms with Crippen molar-refractivity contribution in [2.75, 3.05) is 18.4 Å². The molecule has 2 rings (SSSR count). The summed E-state index contributed by atoms with van der Waals surface area (Å²) < 4.78 is 65.6. The Bertz CT molecular complexity index is 1020. The first kappa shape index (κ1) is 22.6. The molecule has 0 aliphatic rings. The molecule has 0 aliphatic heterocycles. The van der Waals surface area contributed by atoms with Crippen molar-refractivity contribution in [3.05, 3.63) is 59.7 Å². The van der Waals surface area contributed by atoms with Crippen LogP contribution in [-0.4, -0.2) is 37.5 Å². The number of carbonyl (C=O) groups is 2. The van der Waals surface area contributed by atoms with Crippen LogP contribution in [0.25, 0.3) is 0 Å². The number of rotatable bonds is 7. The lowest BCUT2D eigenvalue weighted by Gasteiger charge is -2.21. The van der Waals surface area contributed by atoms with Crippen LogP contribution in [0.5, 0.6) is 0 Å². The zero-order chi connectivity index (χ0) is 21.8. The van der Waals surface area contributed by atoms with E-state index in [-0.39, 0.29) is 22.8 Å². The van der Waals surface area contributed by atoms with Gasteiger partial charge in [0.2, 0.25) is 15.9 Å². The second kappa shape index (κ2) is 8.75. The Hall–Kier alpha value is -2.72. The fourth-order valence-electron chi connectivity index (χ4n) is 2.58. The topological polar surface area (TPSA) is 83.6 Å². The molecule has 156 valence electrons. The van der Waals surface area contributed by atoms with Gasteiger partial charge in [-0.1, -0.05) is 31.2 Å². The molecule has 29 heavy (non-hydrogen) atoms. The molecule has 0 aliphatic carbocycles. The highest BCUT2D eigenvalue weighted by Gasteiger charge is 2.34. The molecule has 0 spiro atoms. The number of hydrogen-bond donors (Lipinski definition) is 1. The lowest BCUT2D eigenvalue weighted by atomic mass is 10.1. The lowest BCUT2D eigenvalue weighted by Crippen LogP contribution is -2.38. The highest BCUT2D eigenvalue weighted by molar-refractivity contribution is 7.89. The van der Waals surface area contributed by atoms with Crippen molar-refractivity contribution in [2.24, 2.45) is 0 Å². The number of carbonyl (C=O) groups excluding carboxylic acids is 2. The van der Waals surface area contributed by atoms with E-state index in [9.17, 15) is 31.2 Å². The number of likely N-dealkylation sites (N-methyl/N-ethyl adjacent to an activating group) is 1. The van der Waals surface area contributed by atoms with Crippen LogP contribution < -0.4 is 5.32 Å². The van der Waals surface area contributed by atoms with Crippen LogP contribution >= 0.6 is 0 Å². The van der Waals surface area contributed by atoms with E-state index in [2.05, 4.69) is 5.32 Å². The molecule has 2 aromatic carbocycles. The van der Waals surface area contributed by atoms with Crippen LogP contribution in [-0.2, 0) is 21.0 Å². The number of para-hydroxylation sites is 1. The van der Waals surface area contributed by atoms with Crippen molar-refractivity contribution in [3.63, 3.8) is 0 Å². The summed E-state index contributed by atoms with van der Waals surface area (Å²) in [6, 6.07) is 9.74. The maximum atomic E-state index is 13.1. The molecule has 10 heteroatoms. The quantitative estimate of drug-likeness (QED) is 0.684. The van der Waals surface area contributed by atoms with Crippen LogP contribution in [0.15, 0.2) is 53.4 Å². The Morgan fingerprint density at radius 2 is 1.72 bits per heavy atom. The van der Waals surface area contributed by atoms with Crippen molar-refractivity contribution >= 4 is 27.4 Å². The third kappa shape index (κ3) is 5.42. The summed E-state index contributed by atoms with van der Waals surface area (Å²) in [5.41, 5.74) is -1.31. The first-order chi connectivity index (χ1) is 13.5. The van der Waals surface area contributed by atoms with Crippen molar-refractivity contribution in [2.45, 2.75) is 24.9 Å². The number of sulfonamides is 1. The van der Waals surface area contributed by atoms with Crippen molar-refractivity contribution in [1.82, 2.24) is 4.31 Å². The van der Waals surface area contributed by atoms with Crippen molar-refractivity contribution < 1.29 is 31.2 Å². The summed E-state index contributed by atoms with van der Waals surface area (Å²) in [5.74, 6) is -1.25. The second-order valence-corrected chi connectivity index (χ2v) is 8.04. The molecular formula is C19H19F3N2O4S. The highest BCUT2D eigenvalue weighted by Crippen LogP contribution is 2.34. The van der Waals surface area contributed by atoms with Gasteiger partial charge in [0.1, 0.15) is 0 Å². The number of nitrogens with zero attached hydrogens (tertiary/aromatic N) is 1. The zero-order valence-electron chi connectivity index (χ0n) is 15.7. The summed E-state index contributed by atoms with van der Waals surface area (Å²) in [6.45, 7) is 1.99. The monoisotopic (exact) mass is 428 g/mol. The summed E-state index contributed by atoms with van der Waals surface area (Å²) in [5, 5.41) is 2.12. The van der Waals surface area contributed by atoms with Crippen LogP contribution in [0, 0.1) is 0 Å². The van der Waals surface area contributed by atoms with Crippen LogP contribution in [0.4, 0.5) is 18.9 Å². The maximum absolute atomic E-state index is 13.1. The predicted molar refractivity (Wildman–Crippen MR) is 101 cm³/mol. The minimum absolute atomic E-state index is 0.0963. The molecule has 6 nitrogen and oxygen atoms in total. The molecule has 0 saturated carbocycles. The summed E-state index contributed by atoms with van der Waals surface area (Å²) in [4.78, 5) is 23.6. The van der Waals surface area contributed by atoms with Crippen molar-refractivity contribution in [1.29, 1.82) is 0 Å². The van der Waals surface area contributed by atoms with E-state index in [1.165, 1.54) is 50.2 Å². The first-order valence-corrected chi connectivity index (χ1v) is 9.98. The van der Waals surface area contributed by atoms with Gasteiger partial charge < -0.3 is 5.32 Å². The fraction of sp³-hybridized carbons (Fsp3) is 0.263. The van der Waals surface area contributed by atoms with Gasteiger partial charge in [-0.2, -0.15) is 17.5 Å². The SMILES string of the molecule is CCN(CC(=O)Nc1ccccc1C(F)(F)F)S(=O)(=O)c1cccc(C(C)=O)c1. The molecule has 0 aromatic heterocycles. The Morgan fingerprint density at radius 3 is 2.31 bits per heavy atom. The van der Waals surface area contributed by atoms with Crippen LogP contribution in [0.1, 0.15) is 29.8 Å². The van der Waals surface area contributed by atoms with E-state index >= 15 is 0 Å². The molecule has 0 bridgehead atoms. The summed E-state index contributed by atoms with van der Waals surface area (Å²) in [7, 11) is -4.13. The minimum atomic E-state index is -4.67. The first-order valence-electron chi connectivity index (χ1n) is 8.54. The van der Waals surface area contributed by atoms with Gasteiger partial charge in [-0.15, -0.1) is 0 Å². The maximum Gasteiger partial charge on any atom is 0.418 e. The van der Waals surface area contributed by atoms with Crippen LogP contribution in [0.3, 0.4) is 0 Å². The van der Waals surface area contributed by atoms with Gasteiger partial charge in [0.25, 0.3) is 0 Å². The standard InChI is InChI=1S/C19H19F3N2O4S/c1-3-24(29(27,28)15-8-6-7-14(11-15)13(2)25)12-18(26)23-17-10-5-4-9-16(17)19(20,21)22/h4-11H,3,12H2,1-2H3,(H,23,26). The number of alkyl halides is 3. The molecule has 0 fully saturated rings. The smallest absolute Gasteiger partial charge is 0.324 e. The number of ketones is 1. The number of anilines is 1. The molecule has 1 amide bonds. The molecule has 1 N–H and O–H groups in total. The number of hydrogen-bond acceptors (Lipinski definition) is 4. The zero-order valence-corrected chi connectivity index (χ0v) is 16.5. The van der Waals surface area contributed by atoms with E-state index in [1.807, 2.05) is 0 Å². The largest absolute Gasteiger partial charge is 0.418 e. The molecular weight excluding hydrogens is 409 g/mol. The second-order valence-electron chi connectivity index (χ2n) is 6.11. The Kier molecular flexibility index (Phi) is 6.81. The van der Waals surface area contributed by atoms with E-state index in [0.717, 1.165) is 16.4 Å². The third-order valence-electron chi connectivity index (χ3n) is 4.06. The van der Waals surface area contributed by atoms with Crippen molar-refractivity contribution in [3.8, 4) is 0 Å². The van der Waals surface area contributed by atoms with E-state index in [1.54, 1.807) is 0 Å². The summed E-state index contributed by atoms with van der Waals surface area (Å²) >= 11 is 0. The molecule has 0 unspecified atom stereocenters. The highest BCUT2D eigenvalue weighted by atomic mass is 32.2. The number of halogens is 3. The molecule has 0 atom stereocenters. The number of Topliss-reactive ketones (excluding diaryl/α,β-unsaturated/α-hetero) is 1. The van der Waals surface area contributed by atoms with Gasteiger partial charge in [0.15, 0.2) is 5.78 Å².